The van der Waals surface area contributed by atoms with Crippen molar-refractivity contribution in [1.29, 1.82) is 0 Å². The van der Waals surface area contributed by atoms with Crippen molar-refractivity contribution in [2.75, 3.05) is 12.4 Å². The van der Waals surface area contributed by atoms with Gasteiger partial charge < -0.3 is 20.1 Å². The van der Waals surface area contributed by atoms with E-state index >= 15 is 0 Å². The highest BCUT2D eigenvalue weighted by Gasteiger charge is 2.48. The van der Waals surface area contributed by atoms with E-state index < -0.39 is 12.1 Å². The third-order valence-corrected chi connectivity index (χ3v) is 7.20. The molecule has 2 aromatic heterocycles. The van der Waals surface area contributed by atoms with Crippen molar-refractivity contribution >= 4 is 17.7 Å². The van der Waals surface area contributed by atoms with Crippen molar-refractivity contribution in [1.82, 2.24) is 20.1 Å². The van der Waals surface area contributed by atoms with Crippen LogP contribution in [0.25, 0.3) is 0 Å². The highest BCUT2D eigenvalue weighted by Crippen LogP contribution is 2.50. The molecule has 2 aliphatic rings. The van der Waals surface area contributed by atoms with Gasteiger partial charge in [-0.3, -0.25) is 9.48 Å². The van der Waals surface area contributed by atoms with Crippen LogP contribution in [0, 0.1) is 17.8 Å². The van der Waals surface area contributed by atoms with E-state index in [-0.39, 0.29) is 24.5 Å². The molecule has 37 heavy (non-hydrogen) atoms. The molecule has 0 aliphatic heterocycles. The van der Waals surface area contributed by atoms with E-state index in [2.05, 4.69) is 20.7 Å². The van der Waals surface area contributed by atoms with Crippen LogP contribution >= 0.6 is 0 Å². The van der Waals surface area contributed by atoms with Gasteiger partial charge in [0.1, 0.15) is 12.6 Å². The van der Waals surface area contributed by atoms with Crippen molar-refractivity contribution in [2.24, 2.45) is 17.8 Å². The topological polar surface area (TPSA) is 107 Å². The molecule has 2 aliphatic carbocycles. The Bertz CT molecular complexity index is 1210. The summed E-state index contributed by atoms with van der Waals surface area (Å²) in [7, 11) is 1.58. The molecule has 2 atom stereocenters. The number of anilines is 1. The monoisotopic (exact) mass is 503 g/mol. The second-order valence-electron chi connectivity index (χ2n) is 9.91. The van der Waals surface area contributed by atoms with Gasteiger partial charge in [-0.1, -0.05) is 30.3 Å². The van der Waals surface area contributed by atoms with Crippen LogP contribution in [0.1, 0.15) is 49.8 Å². The highest BCUT2D eigenvalue weighted by molar-refractivity contribution is 5.96. The summed E-state index contributed by atoms with van der Waals surface area (Å²) in [6, 6.07) is 12.5. The number of carbonyl (C=O) groups excluding carboxylic acids is 2. The van der Waals surface area contributed by atoms with Gasteiger partial charge in [0, 0.05) is 18.0 Å². The molecule has 1 aromatic carbocycles. The van der Waals surface area contributed by atoms with Crippen LogP contribution in [-0.4, -0.2) is 39.9 Å². The number of amides is 2. The number of alkyl carbamates (subject to hydrolysis) is 1. The summed E-state index contributed by atoms with van der Waals surface area (Å²) in [5.41, 5.74) is 2.34. The van der Waals surface area contributed by atoms with Gasteiger partial charge in [-0.25, -0.2) is 9.78 Å². The molecule has 0 spiro atoms. The quantitative estimate of drug-likeness (QED) is 0.397. The van der Waals surface area contributed by atoms with Crippen molar-refractivity contribution in [3.8, 4) is 5.88 Å². The summed E-state index contributed by atoms with van der Waals surface area (Å²) in [4.78, 5) is 30.5. The van der Waals surface area contributed by atoms with Gasteiger partial charge in [0.05, 0.1) is 25.0 Å². The SMILES string of the molecule is COc1ncccc1C(C)n1cc(NC(=O)C(NC(=O)OCc2ccccc2)C(C2CC2)C2CC2)cn1. The first-order chi connectivity index (χ1) is 18.0. The number of rotatable bonds is 11. The number of hydrogen-bond donors (Lipinski definition) is 2. The average Bonchev–Trinajstić information content (AvgIpc) is 3.87. The van der Waals surface area contributed by atoms with Crippen LogP contribution in [0.3, 0.4) is 0 Å². The molecule has 9 nitrogen and oxygen atoms in total. The number of hydrogen-bond acceptors (Lipinski definition) is 6. The van der Waals surface area contributed by atoms with Crippen molar-refractivity contribution in [2.45, 2.75) is 51.3 Å². The number of carbonyl (C=O) groups is 2. The smallest absolute Gasteiger partial charge is 0.408 e. The number of aromatic nitrogens is 3. The molecule has 0 radical (unpaired) electrons. The van der Waals surface area contributed by atoms with Gasteiger partial charge in [-0.2, -0.15) is 5.10 Å². The lowest BCUT2D eigenvalue weighted by molar-refractivity contribution is -0.119. The van der Waals surface area contributed by atoms with E-state index in [0.29, 0.717) is 23.4 Å². The number of methoxy groups -OCH3 is 1. The Morgan fingerprint density at radius 2 is 1.81 bits per heavy atom. The van der Waals surface area contributed by atoms with Crippen LogP contribution in [0.15, 0.2) is 61.1 Å². The molecule has 3 aromatic rings. The first kappa shape index (κ1) is 24.8. The molecule has 0 saturated heterocycles. The summed E-state index contributed by atoms with van der Waals surface area (Å²) in [6.45, 7) is 2.14. The molecule has 5 rings (SSSR count). The zero-order valence-corrected chi connectivity index (χ0v) is 21.2. The molecule has 0 bridgehead atoms. The molecule has 2 fully saturated rings. The van der Waals surface area contributed by atoms with Crippen LogP contribution in [0.5, 0.6) is 5.88 Å². The van der Waals surface area contributed by atoms with Crippen molar-refractivity contribution < 1.29 is 19.1 Å². The highest BCUT2D eigenvalue weighted by atomic mass is 16.5. The van der Waals surface area contributed by atoms with Crippen LogP contribution < -0.4 is 15.4 Å². The fourth-order valence-corrected chi connectivity index (χ4v) is 4.99. The lowest BCUT2D eigenvalue weighted by atomic mass is 9.89. The second kappa shape index (κ2) is 11.0. The van der Waals surface area contributed by atoms with Gasteiger partial charge in [0.15, 0.2) is 0 Å². The predicted octanol–water partition coefficient (Wildman–Crippen LogP) is 4.57. The number of nitrogens with zero attached hydrogens (tertiary/aromatic N) is 3. The molecule has 2 saturated carbocycles. The van der Waals surface area contributed by atoms with Gasteiger partial charge in [-0.15, -0.1) is 0 Å². The van der Waals surface area contributed by atoms with E-state index in [1.807, 2.05) is 49.4 Å². The van der Waals surface area contributed by atoms with Crippen LogP contribution in [0.2, 0.25) is 0 Å². The predicted molar refractivity (Wildman–Crippen MR) is 138 cm³/mol. The largest absolute Gasteiger partial charge is 0.481 e. The minimum Gasteiger partial charge on any atom is -0.481 e. The first-order valence-corrected chi connectivity index (χ1v) is 12.8. The molecule has 2 unspecified atom stereocenters. The summed E-state index contributed by atoms with van der Waals surface area (Å²) in [6.07, 6.45) is 8.86. The fourth-order valence-electron chi connectivity index (χ4n) is 4.99. The van der Waals surface area contributed by atoms with Crippen molar-refractivity contribution in [3.05, 3.63) is 72.2 Å². The second-order valence-corrected chi connectivity index (χ2v) is 9.91. The molecular weight excluding hydrogens is 470 g/mol. The average molecular weight is 504 g/mol. The Morgan fingerprint density at radius 1 is 1.08 bits per heavy atom. The van der Waals surface area contributed by atoms with Gasteiger partial charge in [0.2, 0.25) is 11.8 Å². The summed E-state index contributed by atoms with van der Waals surface area (Å²) in [5.74, 6) is 1.31. The number of benzene rings is 1. The van der Waals surface area contributed by atoms with E-state index in [4.69, 9.17) is 9.47 Å². The van der Waals surface area contributed by atoms with E-state index in [0.717, 1.165) is 36.8 Å². The normalized spacial score (nSPS) is 16.6. The Kier molecular flexibility index (Phi) is 7.39. The number of nitrogens with one attached hydrogen (secondary N) is 2. The Morgan fingerprint density at radius 3 is 2.49 bits per heavy atom. The van der Waals surface area contributed by atoms with Crippen molar-refractivity contribution in [3.63, 3.8) is 0 Å². The lowest BCUT2D eigenvalue weighted by Gasteiger charge is -2.27. The minimum atomic E-state index is -0.664. The number of pyridine rings is 1. The zero-order chi connectivity index (χ0) is 25.8. The summed E-state index contributed by atoms with van der Waals surface area (Å²) in [5, 5.41) is 10.3. The lowest BCUT2D eigenvalue weighted by Crippen LogP contribution is -2.50. The number of ether oxygens (including phenoxy) is 2. The molecule has 9 heteroatoms. The van der Waals surface area contributed by atoms with Gasteiger partial charge in [-0.05, 0) is 68.1 Å². The molecule has 2 N–H and O–H groups in total. The minimum absolute atomic E-state index is 0.109. The first-order valence-electron chi connectivity index (χ1n) is 12.8. The maximum Gasteiger partial charge on any atom is 0.408 e. The van der Waals surface area contributed by atoms with Crippen LogP contribution in [-0.2, 0) is 16.1 Å². The summed E-state index contributed by atoms with van der Waals surface area (Å²) >= 11 is 0. The maximum absolute atomic E-state index is 13.5. The van der Waals surface area contributed by atoms with E-state index in [1.165, 1.54) is 0 Å². The third-order valence-electron chi connectivity index (χ3n) is 7.20. The van der Waals surface area contributed by atoms with Gasteiger partial charge in [0.25, 0.3) is 0 Å². The Balaban J connectivity index is 1.27. The Labute approximate surface area is 216 Å². The van der Waals surface area contributed by atoms with Crippen LogP contribution in [0.4, 0.5) is 10.5 Å². The molecule has 2 heterocycles. The Hall–Kier alpha value is -3.88. The maximum atomic E-state index is 13.5. The molecule has 2 amide bonds. The standard InChI is InChI=1S/C28H33N5O4/c1-18(23-9-6-14-29-27(23)36-2)33-16-22(15-30-33)31-26(34)25(24(20-10-11-20)21-12-13-21)32-28(35)37-17-19-7-4-3-5-8-19/h3-9,14-16,18,20-21,24-25H,10-13,17H2,1-2H3,(H,31,34)(H,32,35). The van der Waals surface area contributed by atoms with E-state index in [1.54, 1.807) is 30.4 Å². The zero-order valence-electron chi connectivity index (χ0n) is 21.2. The fraction of sp³-hybridized carbons (Fsp3) is 0.429. The van der Waals surface area contributed by atoms with Gasteiger partial charge >= 0.3 is 6.09 Å². The molecular formula is C28H33N5O4. The third kappa shape index (κ3) is 6.10. The van der Waals surface area contributed by atoms with E-state index in [9.17, 15) is 9.59 Å². The molecule has 194 valence electrons. The summed E-state index contributed by atoms with van der Waals surface area (Å²) < 4.78 is 12.6.